The number of hydrogen-bond donors (Lipinski definition) is 3. The molecule has 7 nitrogen and oxygen atoms in total. The first-order chi connectivity index (χ1) is 11.0. The minimum atomic E-state index is -1.08. The first kappa shape index (κ1) is 17.0. The van der Waals surface area contributed by atoms with Crippen LogP contribution in [0.4, 0.5) is 5.69 Å². The molecule has 1 fully saturated rings. The van der Waals surface area contributed by atoms with Gasteiger partial charge in [-0.1, -0.05) is 12.1 Å². The van der Waals surface area contributed by atoms with Gasteiger partial charge in [0.2, 0.25) is 11.8 Å². The number of carboxylic acids is 1. The standard InChI is InChI=1S/C16H20N2O5/c19-14(17-8-16(21)22)7-11-3-5-13(6-4-11)18-15(20)10-23-9-12-1-2-12/h3-6,12H,1-2,7-10H2,(H,17,19)(H,18,20)(H,21,22). The molecule has 3 N–H and O–H groups in total. The Labute approximate surface area is 134 Å². The first-order valence-electron chi connectivity index (χ1n) is 7.48. The van der Waals surface area contributed by atoms with Gasteiger partial charge in [0.15, 0.2) is 0 Å². The van der Waals surface area contributed by atoms with Gasteiger partial charge in [0.1, 0.15) is 13.2 Å². The maximum Gasteiger partial charge on any atom is 0.322 e. The monoisotopic (exact) mass is 320 g/mol. The number of nitrogens with one attached hydrogen (secondary N) is 2. The van der Waals surface area contributed by atoms with E-state index in [0.717, 1.165) is 5.56 Å². The summed E-state index contributed by atoms with van der Waals surface area (Å²) in [5.74, 6) is -1.04. The molecule has 1 saturated carbocycles. The second kappa shape index (κ2) is 8.28. The third-order valence-corrected chi connectivity index (χ3v) is 3.32. The van der Waals surface area contributed by atoms with Gasteiger partial charge in [-0.2, -0.15) is 0 Å². The van der Waals surface area contributed by atoms with E-state index in [0.29, 0.717) is 18.2 Å². The van der Waals surface area contributed by atoms with E-state index in [4.69, 9.17) is 9.84 Å². The van der Waals surface area contributed by atoms with Crippen molar-refractivity contribution in [1.29, 1.82) is 0 Å². The molecule has 0 unspecified atom stereocenters. The SMILES string of the molecule is O=C(O)CNC(=O)Cc1ccc(NC(=O)COCC2CC2)cc1. The molecule has 1 aliphatic rings. The maximum atomic E-state index is 11.7. The Morgan fingerprint density at radius 1 is 1.13 bits per heavy atom. The number of hydrogen-bond acceptors (Lipinski definition) is 4. The first-order valence-corrected chi connectivity index (χ1v) is 7.48. The summed E-state index contributed by atoms with van der Waals surface area (Å²) in [5.41, 5.74) is 1.36. The lowest BCUT2D eigenvalue weighted by atomic mass is 10.1. The van der Waals surface area contributed by atoms with Crippen LogP contribution in [0.15, 0.2) is 24.3 Å². The zero-order valence-electron chi connectivity index (χ0n) is 12.7. The second-order valence-corrected chi connectivity index (χ2v) is 5.55. The molecule has 1 aliphatic carbocycles. The molecule has 2 rings (SSSR count). The van der Waals surface area contributed by atoms with Crippen molar-refractivity contribution < 1.29 is 24.2 Å². The predicted molar refractivity (Wildman–Crippen MR) is 83.0 cm³/mol. The van der Waals surface area contributed by atoms with Gasteiger partial charge in [-0.15, -0.1) is 0 Å². The smallest absolute Gasteiger partial charge is 0.322 e. The Morgan fingerprint density at radius 2 is 1.83 bits per heavy atom. The minimum Gasteiger partial charge on any atom is -0.480 e. The summed E-state index contributed by atoms with van der Waals surface area (Å²) in [6.45, 7) is 0.279. The molecule has 0 bridgehead atoms. The second-order valence-electron chi connectivity index (χ2n) is 5.55. The van der Waals surface area contributed by atoms with Crippen LogP contribution < -0.4 is 10.6 Å². The van der Waals surface area contributed by atoms with Crippen LogP contribution in [0.3, 0.4) is 0 Å². The van der Waals surface area contributed by atoms with Gasteiger partial charge < -0.3 is 20.5 Å². The number of ether oxygens (including phenoxy) is 1. The number of aliphatic carboxylic acids is 1. The third kappa shape index (κ3) is 6.92. The number of carboxylic acid groups (broad SMARTS) is 1. The lowest BCUT2D eigenvalue weighted by Gasteiger charge is -2.07. The van der Waals surface area contributed by atoms with Crippen LogP contribution in [-0.2, 0) is 25.5 Å². The fourth-order valence-electron chi connectivity index (χ4n) is 1.93. The number of carbonyl (C=O) groups is 3. The van der Waals surface area contributed by atoms with Crippen molar-refractivity contribution in [1.82, 2.24) is 5.32 Å². The molecule has 0 saturated heterocycles. The van der Waals surface area contributed by atoms with Crippen molar-refractivity contribution in [2.75, 3.05) is 25.1 Å². The molecule has 0 atom stereocenters. The van der Waals surface area contributed by atoms with E-state index in [2.05, 4.69) is 10.6 Å². The molecule has 0 spiro atoms. The van der Waals surface area contributed by atoms with Crippen LogP contribution in [0.5, 0.6) is 0 Å². The van der Waals surface area contributed by atoms with E-state index < -0.39 is 12.5 Å². The quantitative estimate of drug-likeness (QED) is 0.624. The molecule has 124 valence electrons. The van der Waals surface area contributed by atoms with Crippen LogP contribution in [0.25, 0.3) is 0 Å². The Hall–Kier alpha value is -2.41. The molecule has 0 heterocycles. The third-order valence-electron chi connectivity index (χ3n) is 3.32. The summed E-state index contributed by atoms with van der Waals surface area (Å²) in [5, 5.41) is 13.5. The Balaban J connectivity index is 1.71. The van der Waals surface area contributed by atoms with Gasteiger partial charge in [-0.3, -0.25) is 14.4 Å². The minimum absolute atomic E-state index is 0.0375. The van der Waals surface area contributed by atoms with E-state index >= 15 is 0 Å². The molecule has 1 aromatic rings. The number of anilines is 1. The zero-order valence-corrected chi connectivity index (χ0v) is 12.7. The highest BCUT2D eigenvalue weighted by Gasteiger charge is 2.21. The molecule has 7 heteroatoms. The topological polar surface area (TPSA) is 105 Å². The highest BCUT2D eigenvalue weighted by Crippen LogP contribution is 2.28. The molecular formula is C16H20N2O5. The number of benzene rings is 1. The maximum absolute atomic E-state index is 11.7. The van der Waals surface area contributed by atoms with Crippen molar-refractivity contribution in [3.63, 3.8) is 0 Å². The van der Waals surface area contributed by atoms with E-state index in [-0.39, 0.29) is 24.8 Å². The molecule has 1 aromatic carbocycles. The Bertz CT molecular complexity index is 566. The lowest BCUT2D eigenvalue weighted by molar-refractivity contribution is -0.137. The highest BCUT2D eigenvalue weighted by molar-refractivity contribution is 5.91. The fourth-order valence-corrected chi connectivity index (χ4v) is 1.93. The van der Waals surface area contributed by atoms with Gasteiger partial charge in [-0.05, 0) is 36.5 Å². The summed E-state index contributed by atoms with van der Waals surface area (Å²) in [6.07, 6.45) is 2.46. The Morgan fingerprint density at radius 3 is 2.43 bits per heavy atom. The van der Waals surface area contributed by atoms with Crippen LogP contribution in [0.2, 0.25) is 0 Å². The van der Waals surface area contributed by atoms with E-state index in [1.54, 1.807) is 24.3 Å². The molecule has 2 amide bonds. The predicted octanol–water partition coefficient (Wildman–Crippen LogP) is 0.795. The summed E-state index contributed by atoms with van der Waals surface area (Å²) in [7, 11) is 0. The van der Waals surface area contributed by atoms with Gasteiger partial charge in [0.25, 0.3) is 0 Å². The molecule has 23 heavy (non-hydrogen) atoms. The molecular weight excluding hydrogens is 300 g/mol. The van der Waals surface area contributed by atoms with Gasteiger partial charge in [0, 0.05) is 5.69 Å². The van der Waals surface area contributed by atoms with E-state index in [1.165, 1.54) is 12.8 Å². The fraction of sp³-hybridized carbons (Fsp3) is 0.438. The van der Waals surface area contributed by atoms with Crippen LogP contribution >= 0.6 is 0 Å². The van der Waals surface area contributed by atoms with Crippen LogP contribution in [-0.4, -0.2) is 42.6 Å². The Kier molecular flexibility index (Phi) is 6.10. The van der Waals surface area contributed by atoms with E-state index in [1.807, 2.05) is 0 Å². The zero-order chi connectivity index (χ0) is 16.7. The van der Waals surface area contributed by atoms with Crippen molar-refractivity contribution >= 4 is 23.5 Å². The number of carbonyl (C=O) groups excluding carboxylic acids is 2. The molecule has 0 aromatic heterocycles. The van der Waals surface area contributed by atoms with Crippen molar-refractivity contribution in [3.8, 4) is 0 Å². The summed E-state index contributed by atoms with van der Waals surface area (Å²) in [4.78, 5) is 33.5. The van der Waals surface area contributed by atoms with Crippen LogP contribution in [0.1, 0.15) is 18.4 Å². The van der Waals surface area contributed by atoms with Gasteiger partial charge in [0.05, 0.1) is 13.0 Å². The van der Waals surface area contributed by atoms with E-state index in [9.17, 15) is 14.4 Å². The van der Waals surface area contributed by atoms with Crippen molar-refractivity contribution in [2.45, 2.75) is 19.3 Å². The van der Waals surface area contributed by atoms with Gasteiger partial charge >= 0.3 is 5.97 Å². The largest absolute Gasteiger partial charge is 0.480 e. The molecule has 0 radical (unpaired) electrons. The molecule has 0 aliphatic heterocycles. The number of rotatable bonds is 9. The average Bonchev–Trinajstić information content (AvgIpc) is 3.31. The summed E-state index contributed by atoms with van der Waals surface area (Å²) >= 11 is 0. The van der Waals surface area contributed by atoms with Gasteiger partial charge in [-0.25, -0.2) is 0 Å². The van der Waals surface area contributed by atoms with Crippen LogP contribution in [0, 0.1) is 5.92 Å². The summed E-state index contributed by atoms with van der Waals surface area (Å²) < 4.78 is 5.30. The highest BCUT2D eigenvalue weighted by atomic mass is 16.5. The van der Waals surface area contributed by atoms with Crippen molar-refractivity contribution in [3.05, 3.63) is 29.8 Å². The van der Waals surface area contributed by atoms with Crippen molar-refractivity contribution in [2.24, 2.45) is 5.92 Å². The lowest BCUT2D eigenvalue weighted by Crippen LogP contribution is -2.30. The number of amides is 2. The average molecular weight is 320 g/mol. The normalized spacial score (nSPS) is 13.4. The summed E-state index contributed by atoms with van der Waals surface area (Å²) in [6, 6.07) is 6.80.